The van der Waals surface area contributed by atoms with Gasteiger partial charge in [0.15, 0.2) is 0 Å². The van der Waals surface area contributed by atoms with Crippen molar-refractivity contribution in [1.29, 1.82) is 0 Å². The normalized spacial score (nSPS) is 26.7. The van der Waals surface area contributed by atoms with Crippen LogP contribution in [0.25, 0.3) is 0 Å². The summed E-state index contributed by atoms with van der Waals surface area (Å²) in [7, 11) is 2.26. The van der Waals surface area contributed by atoms with Crippen molar-refractivity contribution in [3.8, 4) is 0 Å². The van der Waals surface area contributed by atoms with Crippen molar-refractivity contribution in [2.45, 2.75) is 39.5 Å². The Bertz CT molecular complexity index is 259. The molecule has 2 aliphatic rings. The van der Waals surface area contributed by atoms with Crippen molar-refractivity contribution in [1.82, 2.24) is 15.1 Å². The van der Waals surface area contributed by atoms with E-state index in [-0.39, 0.29) is 0 Å². The predicted molar refractivity (Wildman–Crippen MR) is 87.1 cm³/mol. The van der Waals surface area contributed by atoms with Gasteiger partial charge in [-0.2, -0.15) is 0 Å². The largest absolute Gasteiger partial charge is 0.316 e. The Morgan fingerprint density at radius 2 is 1.75 bits per heavy atom. The number of hydrogen-bond donors (Lipinski definition) is 1. The highest BCUT2D eigenvalue weighted by molar-refractivity contribution is 4.79. The van der Waals surface area contributed by atoms with Crippen LogP contribution in [-0.4, -0.2) is 62.7 Å². The van der Waals surface area contributed by atoms with Crippen molar-refractivity contribution < 1.29 is 0 Å². The fourth-order valence-electron chi connectivity index (χ4n) is 3.57. The molecule has 1 unspecified atom stereocenters. The zero-order valence-electron chi connectivity index (χ0n) is 13.9. The zero-order valence-corrected chi connectivity index (χ0v) is 13.9. The molecule has 0 bridgehead atoms. The lowest BCUT2D eigenvalue weighted by atomic mass is 9.94. The molecule has 3 heteroatoms. The minimum Gasteiger partial charge on any atom is -0.316 e. The summed E-state index contributed by atoms with van der Waals surface area (Å²) >= 11 is 0. The van der Waals surface area contributed by atoms with E-state index < -0.39 is 0 Å². The number of hydrogen-bond acceptors (Lipinski definition) is 3. The van der Waals surface area contributed by atoms with Crippen LogP contribution in [0.5, 0.6) is 0 Å². The first kappa shape index (κ1) is 16.3. The number of likely N-dealkylation sites (tertiary alicyclic amines) is 2. The second kappa shape index (κ2) is 8.35. The third kappa shape index (κ3) is 5.71. The molecule has 1 atom stereocenters. The van der Waals surface area contributed by atoms with E-state index in [1.807, 2.05) is 0 Å². The van der Waals surface area contributed by atoms with Crippen molar-refractivity contribution in [2.75, 3.05) is 52.9 Å². The Balaban J connectivity index is 1.54. The monoisotopic (exact) mass is 281 g/mol. The molecule has 0 saturated carbocycles. The van der Waals surface area contributed by atoms with E-state index in [9.17, 15) is 0 Å². The van der Waals surface area contributed by atoms with Gasteiger partial charge in [-0.1, -0.05) is 13.8 Å². The van der Waals surface area contributed by atoms with Crippen LogP contribution in [0, 0.1) is 17.8 Å². The Labute approximate surface area is 126 Å². The van der Waals surface area contributed by atoms with Crippen LogP contribution in [-0.2, 0) is 0 Å². The second-order valence-corrected chi connectivity index (χ2v) is 7.54. The van der Waals surface area contributed by atoms with Gasteiger partial charge in [-0.25, -0.2) is 0 Å². The van der Waals surface area contributed by atoms with Crippen molar-refractivity contribution in [3.63, 3.8) is 0 Å². The topological polar surface area (TPSA) is 18.5 Å². The highest BCUT2D eigenvalue weighted by atomic mass is 15.1. The summed E-state index contributed by atoms with van der Waals surface area (Å²) in [5, 5.41) is 3.63. The molecule has 0 spiro atoms. The van der Waals surface area contributed by atoms with Gasteiger partial charge in [0.25, 0.3) is 0 Å². The number of nitrogens with one attached hydrogen (secondary N) is 1. The number of nitrogens with zero attached hydrogens (tertiary/aromatic N) is 2. The fourth-order valence-corrected chi connectivity index (χ4v) is 3.57. The Hall–Kier alpha value is -0.120. The molecule has 2 fully saturated rings. The van der Waals surface area contributed by atoms with Gasteiger partial charge in [0.05, 0.1) is 0 Å². The van der Waals surface area contributed by atoms with Crippen LogP contribution in [0.1, 0.15) is 39.5 Å². The van der Waals surface area contributed by atoms with Gasteiger partial charge in [-0.3, -0.25) is 0 Å². The van der Waals surface area contributed by atoms with E-state index in [0.29, 0.717) is 0 Å². The highest BCUT2D eigenvalue weighted by Crippen LogP contribution is 2.22. The van der Waals surface area contributed by atoms with Crippen LogP contribution in [0.4, 0.5) is 0 Å². The summed E-state index contributed by atoms with van der Waals surface area (Å²) in [4.78, 5) is 5.18. The molecular formula is C17H35N3. The molecule has 2 rings (SSSR count). The lowest BCUT2D eigenvalue weighted by Crippen LogP contribution is -2.33. The van der Waals surface area contributed by atoms with Gasteiger partial charge < -0.3 is 15.1 Å². The van der Waals surface area contributed by atoms with E-state index in [0.717, 1.165) is 17.8 Å². The third-order valence-corrected chi connectivity index (χ3v) is 5.05. The second-order valence-electron chi connectivity index (χ2n) is 7.54. The number of piperidine rings is 1. The van der Waals surface area contributed by atoms with Crippen LogP contribution in [0.15, 0.2) is 0 Å². The molecule has 2 heterocycles. The average molecular weight is 281 g/mol. The van der Waals surface area contributed by atoms with Gasteiger partial charge in [0.2, 0.25) is 0 Å². The molecule has 0 aromatic carbocycles. The first-order chi connectivity index (χ1) is 9.63. The minimum absolute atomic E-state index is 0.775. The maximum absolute atomic E-state index is 3.63. The molecule has 1 N–H and O–H groups in total. The van der Waals surface area contributed by atoms with Crippen LogP contribution in [0.3, 0.4) is 0 Å². The van der Waals surface area contributed by atoms with Gasteiger partial charge >= 0.3 is 0 Å². The Morgan fingerprint density at radius 3 is 2.45 bits per heavy atom. The first-order valence-electron chi connectivity index (χ1n) is 8.75. The standard InChI is InChI=1S/C17H35N3/c1-15(2)12-18-13-17-7-11-20(14-17)10-6-16-4-8-19(3)9-5-16/h15-18H,4-14H2,1-3H3. The summed E-state index contributed by atoms with van der Waals surface area (Å²) in [5.74, 6) is 2.66. The van der Waals surface area contributed by atoms with E-state index >= 15 is 0 Å². The molecule has 0 aromatic heterocycles. The predicted octanol–water partition coefficient (Wildman–Crippen LogP) is 2.29. The van der Waals surface area contributed by atoms with E-state index in [1.165, 1.54) is 71.5 Å². The van der Waals surface area contributed by atoms with Crippen molar-refractivity contribution >= 4 is 0 Å². The lowest BCUT2D eigenvalue weighted by Gasteiger charge is -2.30. The SMILES string of the molecule is CC(C)CNCC1CCN(CCC2CCN(C)CC2)C1. The van der Waals surface area contributed by atoms with Crippen LogP contribution in [0.2, 0.25) is 0 Å². The number of rotatable bonds is 7. The summed E-state index contributed by atoms with van der Waals surface area (Å²) in [6.45, 7) is 13.6. The Kier molecular flexibility index (Phi) is 6.79. The molecule has 0 aromatic rings. The maximum Gasteiger partial charge on any atom is 0.00223 e. The van der Waals surface area contributed by atoms with E-state index in [2.05, 4.69) is 36.0 Å². The molecule has 0 radical (unpaired) electrons. The van der Waals surface area contributed by atoms with Gasteiger partial charge in [-0.05, 0) is 89.8 Å². The maximum atomic E-state index is 3.63. The van der Waals surface area contributed by atoms with E-state index in [4.69, 9.17) is 0 Å². The molecule has 118 valence electrons. The Morgan fingerprint density at radius 1 is 1.05 bits per heavy atom. The quantitative estimate of drug-likeness (QED) is 0.772. The summed E-state index contributed by atoms with van der Waals surface area (Å²) in [5.41, 5.74) is 0. The van der Waals surface area contributed by atoms with Gasteiger partial charge in [0, 0.05) is 6.54 Å². The first-order valence-corrected chi connectivity index (χ1v) is 8.75. The smallest absolute Gasteiger partial charge is 0.00223 e. The van der Waals surface area contributed by atoms with Gasteiger partial charge in [0.1, 0.15) is 0 Å². The summed E-state index contributed by atoms with van der Waals surface area (Å²) < 4.78 is 0. The molecule has 3 nitrogen and oxygen atoms in total. The highest BCUT2D eigenvalue weighted by Gasteiger charge is 2.23. The summed E-state index contributed by atoms with van der Waals surface area (Å²) in [6, 6.07) is 0. The zero-order chi connectivity index (χ0) is 14.4. The van der Waals surface area contributed by atoms with Crippen LogP contribution >= 0.6 is 0 Å². The lowest BCUT2D eigenvalue weighted by molar-refractivity contribution is 0.194. The van der Waals surface area contributed by atoms with Crippen molar-refractivity contribution in [3.05, 3.63) is 0 Å². The molecule has 0 amide bonds. The molecule has 2 aliphatic heterocycles. The minimum atomic E-state index is 0.775. The van der Waals surface area contributed by atoms with Crippen LogP contribution < -0.4 is 5.32 Å². The van der Waals surface area contributed by atoms with E-state index in [1.54, 1.807) is 0 Å². The summed E-state index contributed by atoms with van der Waals surface area (Å²) in [6.07, 6.45) is 5.67. The third-order valence-electron chi connectivity index (χ3n) is 5.05. The molecule has 20 heavy (non-hydrogen) atoms. The molecule has 2 saturated heterocycles. The fraction of sp³-hybridized carbons (Fsp3) is 1.00. The molecular weight excluding hydrogens is 246 g/mol. The van der Waals surface area contributed by atoms with Crippen molar-refractivity contribution in [2.24, 2.45) is 17.8 Å². The average Bonchev–Trinajstić information content (AvgIpc) is 2.86. The molecule has 0 aliphatic carbocycles. The van der Waals surface area contributed by atoms with Gasteiger partial charge in [-0.15, -0.1) is 0 Å².